The van der Waals surface area contributed by atoms with Gasteiger partial charge in [-0.3, -0.25) is 4.90 Å². The number of hydrogen-bond acceptors (Lipinski definition) is 7. The predicted octanol–water partition coefficient (Wildman–Crippen LogP) is 1.99. The first-order valence-corrected chi connectivity index (χ1v) is 9.71. The van der Waals surface area contributed by atoms with Crippen LogP contribution in [0.15, 0.2) is 30.5 Å². The van der Waals surface area contributed by atoms with E-state index in [0.717, 1.165) is 46.9 Å². The van der Waals surface area contributed by atoms with Gasteiger partial charge in [-0.1, -0.05) is 12.1 Å². The Labute approximate surface area is 164 Å². The van der Waals surface area contributed by atoms with Crippen molar-refractivity contribution in [3.63, 3.8) is 0 Å². The Hall–Kier alpha value is -2.55. The van der Waals surface area contributed by atoms with Gasteiger partial charge in [-0.15, -0.1) is 0 Å². The molecular formula is C20H27N7O. The molecule has 4 rings (SSSR count). The number of nitrogens with two attached hydrogens (primary N) is 2. The van der Waals surface area contributed by atoms with Crippen LogP contribution in [0.1, 0.15) is 31.8 Å². The minimum absolute atomic E-state index is 0.0243. The molecule has 1 fully saturated rings. The van der Waals surface area contributed by atoms with E-state index < -0.39 is 0 Å². The first-order chi connectivity index (χ1) is 13.6. The summed E-state index contributed by atoms with van der Waals surface area (Å²) < 4.78 is 7.42. The van der Waals surface area contributed by atoms with Crippen molar-refractivity contribution < 1.29 is 4.74 Å². The van der Waals surface area contributed by atoms with Gasteiger partial charge in [0, 0.05) is 43.1 Å². The number of benzene rings is 1. The highest BCUT2D eigenvalue weighted by atomic mass is 16.5. The van der Waals surface area contributed by atoms with Crippen molar-refractivity contribution in [1.29, 1.82) is 0 Å². The van der Waals surface area contributed by atoms with Crippen LogP contribution in [-0.2, 0) is 4.74 Å². The molecule has 8 nitrogen and oxygen atoms in total. The highest BCUT2D eigenvalue weighted by Crippen LogP contribution is 2.30. The average molecular weight is 381 g/mol. The lowest BCUT2D eigenvalue weighted by Crippen LogP contribution is -2.42. The lowest BCUT2D eigenvalue weighted by Gasteiger charge is -2.32. The van der Waals surface area contributed by atoms with E-state index in [1.807, 2.05) is 35.1 Å². The Morgan fingerprint density at radius 2 is 1.86 bits per heavy atom. The van der Waals surface area contributed by atoms with Gasteiger partial charge in [0.2, 0.25) is 0 Å². The summed E-state index contributed by atoms with van der Waals surface area (Å²) in [6.45, 7) is 7.76. The van der Waals surface area contributed by atoms with Crippen LogP contribution in [0.3, 0.4) is 0 Å². The summed E-state index contributed by atoms with van der Waals surface area (Å²) in [5.74, 6) is 0.738. The van der Waals surface area contributed by atoms with Crippen LogP contribution < -0.4 is 11.5 Å². The minimum atomic E-state index is -0.0243. The lowest BCUT2D eigenvalue weighted by molar-refractivity contribution is 0.0162. The van der Waals surface area contributed by atoms with Gasteiger partial charge in [-0.25, -0.2) is 14.6 Å². The molecule has 1 unspecified atom stereocenters. The number of morpholine rings is 1. The molecule has 148 valence electrons. The standard InChI is InChI=1S/C20H27N7O/c1-13(2)27-20-16(18(25-27)14-3-5-15(22)6-4-14)12-23-19(24-20)17(11-21)26-7-9-28-10-8-26/h3-6,12-13,17H,7-11,21-22H2,1-2H3. The van der Waals surface area contributed by atoms with E-state index in [4.69, 9.17) is 26.3 Å². The molecule has 4 N–H and O–H groups in total. The molecule has 0 radical (unpaired) electrons. The number of anilines is 1. The number of nitrogens with zero attached hydrogens (tertiary/aromatic N) is 5. The molecule has 1 aromatic carbocycles. The molecule has 0 bridgehead atoms. The van der Waals surface area contributed by atoms with Crippen LogP contribution in [0.4, 0.5) is 5.69 Å². The largest absolute Gasteiger partial charge is 0.399 e. The molecule has 1 atom stereocenters. The number of aromatic nitrogens is 4. The predicted molar refractivity (Wildman–Crippen MR) is 110 cm³/mol. The van der Waals surface area contributed by atoms with Gasteiger partial charge in [-0.2, -0.15) is 5.10 Å². The molecule has 0 saturated carbocycles. The van der Waals surface area contributed by atoms with E-state index >= 15 is 0 Å². The Bertz CT molecular complexity index is 945. The van der Waals surface area contributed by atoms with E-state index in [9.17, 15) is 0 Å². The van der Waals surface area contributed by atoms with E-state index in [1.54, 1.807) is 0 Å². The van der Waals surface area contributed by atoms with Crippen molar-refractivity contribution in [3.05, 3.63) is 36.3 Å². The number of rotatable bonds is 5. The third-order valence-electron chi connectivity index (χ3n) is 5.15. The van der Waals surface area contributed by atoms with Gasteiger partial charge in [0.25, 0.3) is 0 Å². The van der Waals surface area contributed by atoms with Crippen molar-refractivity contribution in [1.82, 2.24) is 24.6 Å². The molecule has 3 heterocycles. The Morgan fingerprint density at radius 1 is 1.14 bits per heavy atom. The molecule has 8 heteroatoms. The number of fused-ring (bicyclic) bond motifs is 1. The van der Waals surface area contributed by atoms with E-state index in [2.05, 4.69) is 23.7 Å². The second-order valence-electron chi connectivity index (χ2n) is 7.37. The highest BCUT2D eigenvalue weighted by molar-refractivity contribution is 5.90. The van der Waals surface area contributed by atoms with Gasteiger partial charge < -0.3 is 16.2 Å². The molecule has 0 amide bonds. The third kappa shape index (κ3) is 3.46. The first-order valence-electron chi connectivity index (χ1n) is 9.71. The molecule has 1 saturated heterocycles. The topological polar surface area (TPSA) is 108 Å². The monoisotopic (exact) mass is 381 g/mol. The summed E-state index contributed by atoms with van der Waals surface area (Å²) in [5, 5.41) is 5.77. The molecule has 0 spiro atoms. The Morgan fingerprint density at radius 3 is 2.50 bits per heavy atom. The SMILES string of the molecule is CC(C)n1nc(-c2ccc(N)cc2)c2cnc(C(CN)N3CCOCC3)nc21. The van der Waals surface area contributed by atoms with Crippen LogP contribution in [0.5, 0.6) is 0 Å². The van der Waals surface area contributed by atoms with Crippen molar-refractivity contribution in [2.75, 3.05) is 38.6 Å². The molecular weight excluding hydrogens is 354 g/mol. The quantitative estimate of drug-likeness (QED) is 0.651. The molecule has 28 heavy (non-hydrogen) atoms. The second-order valence-corrected chi connectivity index (χ2v) is 7.37. The zero-order valence-corrected chi connectivity index (χ0v) is 16.4. The van der Waals surface area contributed by atoms with Crippen LogP contribution in [0.25, 0.3) is 22.3 Å². The van der Waals surface area contributed by atoms with Crippen molar-refractivity contribution in [2.45, 2.75) is 25.9 Å². The highest BCUT2D eigenvalue weighted by Gasteiger charge is 2.25. The zero-order valence-electron chi connectivity index (χ0n) is 16.4. The maximum atomic E-state index is 6.09. The van der Waals surface area contributed by atoms with Crippen molar-refractivity contribution in [2.24, 2.45) is 5.73 Å². The van der Waals surface area contributed by atoms with Gasteiger partial charge in [-0.05, 0) is 26.0 Å². The van der Waals surface area contributed by atoms with Gasteiger partial charge >= 0.3 is 0 Å². The summed E-state index contributed by atoms with van der Waals surface area (Å²) in [6.07, 6.45) is 1.87. The van der Waals surface area contributed by atoms with E-state index in [1.165, 1.54) is 0 Å². The molecule has 0 aliphatic carbocycles. The number of nitrogen functional groups attached to an aromatic ring is 1. The van der Waals surface area contributed by atoms with Crippen LogP contribution in [-0.4, -0.2) is 57.5 Å². The van der Waals surface area contributed by atoms with Crippen LogP contribution in [0.2, 0.25) is 0 Å². The average Bonchev–Trinajstić information content (AvgIpc) is 3.09. The van der Waals surface area contributed by atoms with Crippen LogP contribution >= 0.6 is 0 Å². The zero-order chi connectivity index (χ0) is 19.7. The summed E-state index contributed by atoms with van der Waals surface area (Å²) in [7, 11) is 0. The normalized spacial score (nSPS) is 16.7. The fourth-order valence-corrected chi connectivity index (χ4v) is 3.62. The Balaban J connectivity index is 1.79. The summed E-state index contributed by atoms with van der Waals surface area (Å²) in [5.41, 5.74) is 15.4. The third-order valence-corrected chi connectivity index (χ3v) is 5.15. The van der Waals surface area contributed by atoms with Gasteiger partial charge in [0.05, 0.1) is 24.6 Å². The second kappa shape index (κ2) is 7.83. The summed E-state index contributed by atoms with van der Waals surface area (Å²) in [6, 6.07) is 7.87. The van der Waals surface area contributed by atoms with Crippen molar-refractivity contribution >= 4 is 16.7 Å². The molecule has 3 aromatic rings. The van der Waals surface area contributed by atoms with Gasteiger partial charge in [0.1, 0.15) is 11.5 Å². The first kappa shape index (κ1) is 18.8. The van der Waals surface area contributed by atoms with Crippen molar-refractivity contribution in [3.8, 4) is 11.3 Å². The molecule has 2 aromatic heterocycles. The Kier molecular flexibility index (Phi) is 5.25. The number of hydrogen-bond donors (Lipinski definition) is 2. The molecule has 1 aliphatic heterocycles. The van der Waals surface area contributed by atoms with E-state index in [-0.39, 0.29) is 12.1 Å². The fraction of sp³-hybridized carbons (Fsp3) is 0.450. The maximum Gasteiger partial charge on any atom is 0.162 e. The van der Waals surface area contributed by atoms with Gasteiger partial charge in [0.15, 0.2) is 5.65 Å². The summed E-state index contributed by atoms with van der Waals surface area (Å²) >= 11 is 0. The molecule has 1 aliphatic rings. The minimum Gasteiger partial charge on any atom is -0.399 e. The fourth-order valence-electron chi connectivity index (χ4n) is 3.62. The number of ether oxygens (including phenoxy) is 1. The maximum absolute atomic E-state index is 6.09. The van der Waals surface area contributed by atoms with E-state index in [0.29, 0.717) is 19.8 Å². The van der Waals surface area contributed by atoms with Crippen LogP contribution in [0, 0.1) is 0 Å². The smallest absolute Gasteiger partial charge is 0.162 e. The lowest BCUT2D eigenvalue weighted by atomic mass is 10.1. The summed E-state index contributed by atoms with van der Waals surface area (Å²) in [4.78, 5) is 11.9.